The Balaban J connectivity index is 1.01. The second-order valence-electron chi connectivity index (χ2n) is 17.4. The van der Waals surface area contributed by atoms with Crippen molar-refractivity contribution in [2.45, 2.75) is 6.17 Å². The summed E-state index contributed by atoms with van der Waals surface area (Å²) in [4.78, 5) is 10.6. The van der Waals surface area contributed by atoms with E-state index >= 15 is 0 Å². The summed E-state index contributed by atoms with van der Waals surface area (Å²) in [6.45, 7) is 0. The van der Waals surface area contributed by atoms with Crippen molar-refractivity contribution in [2.24, 2.45) is 9.98 Å². The first-order valence-electron chi connectivity index (χ1n) is 23.2. The van der Waals surface area contributed by atoms with E-state index in [9.17, 15) is 0 Å². The van der Waals surface area contributed by atoms with Gasteiger partial charge in [0, 0.05) is 43.9 Å². The summed E-state index contributed by atoms with van der Waals surface area (Å²) in [7, 11) is 0. The maximum atomic E-state index is 5.40. The number of hydrogen-bond donors (Lipinski definition) is 1. The van der Waals surface area contributed by atoms with Gasteiger partial charge in [0.15, 0.2) is 5.84 Å². The Labute approximate surface area is 394 Å². The van der Waals surface area contributed by atoms with Gasteiger partial charge in [0.1, 0.15) is 12.0 Å². The topological polar surface area (TPSA) is 46.6 Å². The van der Waals surface area contributed by atoms with Crippen molar-refractivity contribution in [2.75, 3.05) is 0 Å². The van der Waals surface area contributed by atoms with E-state index in [4.69, 9.17) is 9.98 Å². The standard InChI is InChI=1S/C63H43N5/c1-5-19-42(20-6-1)46-27-17-28-48(39-46)62-64-61(45-25-11-4-12-26-45)65-63(66-62)54-30-14-16-33-56(54)68-55-32-15-13-29-51(55)52-38-36-49(41-59(52)68)67-57-34-18-31-50(44-23-9-3-10-24-44)60(57)53-37-35-47(40-58(53)67)43-21-7-2-8-22-43/h1-41,63H,(H,64,65,66). The van der Waals surface area contributed by atoms with E-state index in [0.29, 0.717) is 5.84 Å². The monoisotopic (exact) mass is 869 g/mol. The number of hydrogen-bond acceptors (Lipinski definition) is 3. The third-order valence-corrected chi connectivity index (χ3v) is 13.4. The number of fused-ring (bicyclic) bond motifs is 6. The molecular weight excluding hydrogens is 827 g/mol. The molecular formula is C63H43N5. The van der Waals surface area contributed by atoms with E-state index in [1.165, 1.54) is 43.8 Å². The number of rotatable bonds is 8. The summed E-state index contributed by atoms with van der Waals surface area (Å²) in [5, 5.41) is 8.64. The first kappa shape index (κ1) is 39.3. The summed E-state index contributed by atoms with van der Waals surface area (Å²) in [5.41, 5.74) is 16.7. The molecule has 68 heavy (non-hydrogen) atoms. The fraction of sp³-hybridized carbons (Fsp3) is 0.0159. The molecule has 1 aliphatic heterocycles. The molecule has 0 saturated carbocycles. The predicted octanol–water partition coefficient (Wildman–Crippen LogP) is 15.4. The van der Waals surface area contributed by atoms with Crippen LogP contribution in [0.5, 0.6) is 0 Å². The van der Waals surface area contributed by atoms with Gasteiger partial charge in [0.2, 0.25) is 0 Å². The second kappa shape index (κ2) is 16.4. The molecule has 0 spiro atoms. The zero-order valence-electron chi connectivity index (χ0n) is 37.0. The van der Waals surface area contributed by atoms with Crippen LogP contribution in [0.1, 0.15) is 22.9 Å². The van der Waals surface area contributed by atoms with Gasteiger partial charge in [-0.15, -0.1) is 0 Å². The summed E-state index contributed by atoms with van der Waals surface area (Å²) in [6.07, 6.45) is -0.446. The van der Waals surface area contributed by atoms with Gasteiger partial charge in [-0.2, -0.15) is 0 Å². The van der Waals surface area contributed by atoms with Crippen molar-refractivity contribution >= 4 is 55.3 Å². The average Bonchev–Trinajstić information content (AvgIpc) is 3.94. The lowest BCUT2D eigenvalue weighted by molar-refractivity contribution is 0.670. The van der Waals surface area contributed by atoms with Crippen molar-refractivity contribution in [1.29, 1.82) is 0 Å². The number of aromatic nitrogens is 2. The second-order valence-corrected chi connectivity index (χ2v) is 17.4. The van der Waals surface area contributed by atoms with Gasteiger partial charge in [-0.25, -0.2) is 9.98 Å². The number of nitrogens with zero attached hydrogens (tertiary/aromatic N) is 4. The van der Waals surface area contributed by atoms with E-state index in [1.54, 1.807) is 0 Å². The van der Waals surface area contributed by atoms with Crippen LogP contribution in [-0.2, 0) is 0 Å². The van der Waals surface area contributed by atoms with E-state index < -0.39 is 6.17 Å². The highest BCUT2D eigenvalue weighted by Crippen LogP contribution is 2.42. The molecule has 5 heteroatoms. The van der Waals surface area contributed by atoms with E-state index in [-0.39, 0.29) is 0 Å². The Morgan fingerprint density at radius 3 is 1.68 bits per heavy atom. The Morgan fingerprint density at radius 2 is 0.912 bits per heavy atom. The van der Waals surface area contributed by atoms with Gasteiger partial charge in [-0.3, -0.25) is 0 Å². The van der Waals surface area contributed by atoms with Crippen molar-refractivity contribution < 1.29 is 0 Å². The molecule has 1 unspecified atom stereocenters. The number of nitrogens with one attached hydrogen (secondary N) is 1. The molecule has 0 fully saturated rings. The lowest BCUT2D eigenvalue weighted by Crippen LogP contribution is -2.34. The summed E-state index contributed by atoms with van der Waals surface area (Å²) in [5.74, 6) is 1.46. The van der Waals surface area contributed by atoms with E-state index in [2.05, 4.69) is 245 Å². The molecule has 0 amide bonds. The van der Waals surface area contributed by atoms with Gasteiger partial charge in [-0.05, 0) is 75.8 Å². The minimum Gasteiger partial charge on any atom is -0.344 e. The Bertz CT molecular complexity index is 3920. The van der Waals surface area contributed by atoms with Crippen molar-refractivity contribution in [1.82, 2.24) is 14.5 Å². The van der Waals surface area contributed by atoms with Crippen LogP contribution in [0, 0.1) is 0 Å². The molecule has 10 aromatic carbocycles. The maximum absolute atomic E-state index is 5.40. The van der Waals surface area contributed by atoms with Crippen molar-refractivity contribution in [3.05, 3.63) is 265 Å². The minimum absolute atomic E-state index is 0.446. The van der Waals surface area contributed by atoms with Crippen LogP contribution in [0.4, 0.5) is 0 Å². The lowest BCUT2D eigenvalue weighted by atomic mass is 9.98. The minimum atomic E-state index is -0.446. The summed E-state index contributed by atoms with van der Waals surface area (Å²) < 4.78 is 4.89. The van der Waals surface area contributed by atoms with Crippen molar-refractivity contribution in [3.63, 3.8) is 0 Å². The van der Waals surface area contributed by atoms with Crippen LogP contribution in [0.25, 0.3) is 88.4 Å². The molecule has 1 aliphatic rings. The zero-order valence-corrected chi connectivity index (χ0v) is 37.0. The first-order chi connectivity index (χ1) is 33.7. The molecule has 0 radical (unpaired) electrons. The number of amidine groups is 2. The van der Waals surface area contributed by atoms with Gasteiger partial charge < -0.3 is 14.5 Å². The highest BCUT2D eigenvalue weighted by atomic mass is 15.2. The lowest BCUT2D eigenvalue weighted by Gasteiger charge is -2.26. The Kier molecular flexibility index (Phi) is 9.50. The highest BCUT2D eigenvalue weighted by Gasteiger charge is 2.26. The predicted molar refractivity (Wildman–Crippen MR) is 283 cm³/mol. The molecule has 320 valence electrons. The average molecular weight is 870 g/mol. The van der Waals surface area contributed by atoms with Crippen LogP contribution in [-0.4, -0.2) is 20.8 Å². The molecule has 1 N–H and O–H groups in total. The molecule has 0 bridgehead atoms. The Hall–Kier alpha value is -9.06. The summed E-state index contributed by atoms with van der Waals surface area (Å²) >= 11 is 0. The largest absolute Gasteiger partial charge is 0.344 e. The third-order valence-electron chi connectivity index (χ3n) is 13.4. The highest BCUT2D eigenvalue weighted by molar-refractivity contribution is 6.17. The molecule has 13 rings (SSSR count). The number of aliphatic imine (C=N–C) groups is 2. The fourth-order valence-corrected chi connectivity index (χ4v) is 10.2. The van der Waals surface area contributed by atoms with E-state index in [0.717, 1.165) is 67.1 Å². The van der Waals surface area contributed by atoms with E-state index in [1.807, 2.05) is 18.2 Å². The summed E-state index contributed by atoms with van der Waals surface area (Å²) in [6, 6.07) is 88.9. The van der Waals surface area contributed by atoms with Gasteiger partial charge in [0.05, 0.1) is 27.8 Å². The molecule has 1 atom stereocenters. The molecule has 0 aliphatic carbocycles. The fourth-order valence-electron chi connectivity index (χ4n) is 10.2. The normalized spacial score (nSPS) is 13.7. The SMILES string of the molecule is c1ccc(C2=NC(c3ccccc3-n3c4ccccc4c4ccc(-n5c6cc(-c7ccccc7)ccc6c6c(-c7ccccc7)cccc65)cc43)NC(c3cccc(-c4ccccc4)c3)=N2)cc1. The molecule has 12 aromatic rings. The van der Waals surface area contributed by atoms with Crippen molar-refractivity contribution in [3.8, 4) is 44.8 Å². The van der Waals surface area contributed by atoms with Crippen LogP contribution >= 0.6 is 0 Å². The smallest absolute Gasteiger partial charge is 0.159 e. The molecule has 3 heterocycles. The van der Waals surface area contributed by atoms with Gasteiger partial charge >= 0.3 is 0 Å². The van der Waals surface area contributed by atoms with Gasteiger partial charge in [0.25, 0.3) is 0 Å². The maximum Gasteiger partial charge on any atom is 0.159 e. The Morgan fingerprint density at radius 1 is 0.353 bits per heavy atom. The molecule has 0 saturated heterocycles. The molecule has 5 nitrogen and oxygen atoms in total. The first-order valence-corrected chi connectivity index (χ1v) is 23.2. The molecule has 2 aromatic heterocycles. The van der Waals surface area contributed by atoms with Gasteiger partial charge in [-0.1, -0.05) is 206 Å². The third kappa shape index (κ3) is 6.71. The van der Waals surface area contributed by atoms with Crippen LogP contribution < -0.4 is 5.32 Å². The van der Waals surface area contributed by atoms with Crippen LogP contribution in [0.15, 0.2) is 259 Å². The number of benzene rings is 10. The number of para-hydroxylation sites is 2. The van der Waals surface area contributed by atoms with Crippen LogP contribution in [0.2, 0.25) is 0 Å². The zero-order chi connectivity index (χ0) is 45.0. The quantitative estimate of drug-likeness (QED) is 0.162. The van der Waals surface area contributed by atoms with Crippen LogP contribution in [0.3, 0.4) is 0 Å².